The van der Waals surface area contributed by atoms with Crippen LogP contribution >= 0.6 is 24.0 Å². The Morgan fingerprint density at radius 1 is 1.24 bits per heavy atom. The number of anilines is 1. The summed E-state index contributed by atoms with van der Waals surface area (Å²) in [5.41, 5.74) is 1.13. The van der Waals surface area contributed by atoms with E-state index in [2.05, 4.69) is 11.9 Å². The van der Waals surface area contributed by atoms with E-state index in [-0.39, 0.29) is 24.2 Å². The molecule has 0 bridgehead atoms. The number of thioether (sulfide) groups is 1. The zero-order chi connectivity index (χ0) is 20.8. The van der Waals surface area contributed by atoms with E-state index in [1.165, 1.54) is 40.9 Å². The van der Waals surface area contributed by atoms with Crippen molar-refractivity contribution >= 4 is 51.9 Å². The second kappa shape index (κ2) is 9.49. The minimum Gasteiger partial charge on any atom is -0.483 e. The fraction of sp³-hybridized carbons (Fsp3) is 0.0952. The number of amides is 2. The van der Waals surface area contributed by atoms with Crippen LogP contribution in [-0.2, 0) is 9.59 Å². The van der Waals surface area contributed by atoms with Crippen LogP contribution in [0.25, 0.3) is 6.08 Å². The first kappa shape index (κ1) is 20.8. The highest BCUT2D eigenvalue weighted by atomic mass is 32.2. The van der Waals surface area contributed by atoms with E-state index < -0.39 is 0 Å². The van der Waals surface area contributed by atoms with E-state index in [1.54, 1.807) is 30.4 Å². The molecule has 1 heterocycles. The van der Waals surface area contributed by atoms with Crippen molar-refractivity contribution in [1.82, 2.24) is 4.90 Å². The van der Waals surface area contributed by atoms with E-state index >= 15 is 0 Å². The smallest absolute Gasteiger partial charge is 0.266 e. The molecule has 1 fully saturated rings. The number of thiocarbonyl (C=S) groups is 1. The van der Waals surface area contributed by atoms with Crippen LogP contribution in [0.1, 0.15) is 5.56 Å². The Balaban J connectivity index is 1.68. The fourth-order valence-corrected chi connectivity index (χ4v) is 3.80. The monoisotopic (exact) mass is 428 g/mol. The molecule has 0 atom stereocenters. The molecule has 1 aliphatic heterocycles. The van der Waals surface area contributed by atoms with Crippen LogP contribution in [0.3, 0.4) is 0 Å². The highest BCUT2D eigenvalue weighted by Gasteiger charge is 2.31. The fourth-order valence-electron chi connectivity index (χ4n) is 2.53. The number of nitrogens with zero attached hydrogens (tertiary/aromatic N) is 1. The molecule has 1 aliphatic rings. The van der Waals surface area contributed by atoms with Gasteiger partial charge in [-0.1, -0.05) is 48.3 Å². The Morgan fingerprint density at radius 3 is 2.69 bits per heavy atom. The van der Waals surface area contributed by atoms with Gasteiger partial charge in [-0.25, -0.2) is 4.39 Å². The lowest BCUT2D eigenvalue weighted by molar-refractivity contribution is -0.121. The van der Waals surface area contributed by atoms with Crippen molar-refractivity contribution in [3.63, 3.8) is 0 Å². The van der Waals surface area contributed by atoms with E-state index in [9.17, 15) is 14.0 Å². The third-order valence-electron chi connectivity index (χ3n) is 3.88. The zero-order valence-corrected chi connectivity index (χ0v) is 16.9. The van der Waals surface area contributed by atoms with Crippen LogP contribution in [0.4, 0.5) is 10.1 Å². The van der Waals surface area contributed by atoms with Crippen LogP contribution in [0.2, 0.25) is 0 Å². The van der Waals surface area contributed by atoms with Crippen molar-refractivity contribution in [3.8, 4) is 5.75 Å². The summed E-state index contributed by atoms with van der Waals surface area (Å²) in [4.78, 5) is 26.5. The predicted octanol–water partition coefficient (Wildman–Crippen LogP) is 4.23. The molecule has 8 heteroatoms. The summed E-state index contributed by atoms with van der Waals surface area (Å²) in [5.74, 6) is -0.505. The number of carbonyl (C=O) groups excluding carboxylic acids is 2. The standard InChI is InChI=1S/C21H17FN2O3S2/c1-2-11-24-20(26)18(29-21(24)28)12-14-5-3-4-6-17(14)27-13-19(25)23-16-9-7-15(22)8-10-16/h2-10,12H,1,11,13H2,(H,23,25)/b18-12-. The van der Waals surface area contributed by atoms with Gasteiger partial charge in [0.15, 0.2) is 6.61 Å². The predicted molar refractivity (Wildman–Crippen MR) is 117 cm³/mol. The molecule has 148 valence electrons. The molecule has 0 aromatic heterocycles. The maximum absolute atomic E-state index is 12.9. The van der Waals surface area contributed by atoms with Crippen molar-refractivity contribution in [2.75, 3.05) is 18.5 Å². The second-order valence-corrected chi connectivity index (χ2v) is 7.64. The summed E-state index contributed by atoms with van der Waals surface area (Å²) >= 11 is 6.44. The zero-order valence-electron chi connectivity index (χ0n) is 15.3. The molecule has 0 radical (unpaired) electrons. The molecule has 2 amide bonds. The molecule has 29 heavy (non-hydrogen) atoms. The van der Waals surface area contributed by atoms with Crippen molar-refractivity contribution in [2.45, 2.75) is 0 Å². The van der Waals surface area contributed by atoms with E-state index in [1.807, 2.05) is 6.07 Å². The number of halogens is 1. The molecule has 1 saturated heterocycles. The Kier molecular flexibility index (Phi) is 6.79. The molecule has 2 aromatic carbocycles. The second-order valence-electron chi connectivity index (χ2n) is 5.96. The average molecular weight is 429 g/mol. The van der Waals surface area contributed by atoms with Crippen LogP contribution in [-0.4, -0.2) is 34.2 Å². The number of hydrogen-bond acceptors (Lipinski definition) is 5. The van der Waals surface area contributed by atoms with Gasteiger partial charge >= 0.3 is 0 Å². The van der Waals surface area contributed by atoms with Crippen LogP contribution in [0.15, 0.2) is 66.1 Å². The summed E-state index contributed by atoms with van der Waals surface area (Å²) in [6, 6.07) is 12.5. The van der Waals surface area contributed by atoms with Gasteiger partial charge in [0.1, 0.15) is 15.9 Å². The minimum absolute atomic E-state index is 0.191. The maximum atomic E-state index is 12.9. The van der Waals surface area contributed by atoms with Gasteiger partial charge in [0.25, 0.3) is 11.8 Å². The lowest BCUT2D eigenvalue weighted by Gasteiger charge is -2.11. The molecule has 0 unspecified atom stereocenters. The van der Waals surface area contributed by atoms with E-state index in [4.69, 9.17) is 17.0 Å². The Morgan fingerprint density at radius 2 is 1.97 bits per heavy atom. The average Bonchev–Trinajstić information content (AvgIpc) is 2.97. The van der Waals surface area contributed by atoms with Crippen LogP contribution in [0.5, 0.6) is 5.75 Å². The summed E-state index contributed by atoms with van der Waals surface area (Å²) < 4.78 is 19.0. The van der Waals surface area contributed by atoms with E-state index in [0.717, 1.165) is 0 Å². The number of nitrogens with one attached hydrogen (secondary N) is 1. The molecule has 0 aliphatic carbocycles. The Hall–Kier alpha value is -2.97. The van der Waals surface area contributed by atoms with Crippen LogP contribution in [0, 0.1) is 5.82 Å². The van der Waals surface area contributed by atoms with Gasteiger partial charge in [-0.05, 0) is 36.4 Å². The Bertz CT molecular complexity index is 990. The van der Waals surface area contributed by atoms with Gasteiger partial charge < -0.3 is 10.1 Å². The number of hydrogen-bond donors (Lipinski definition) is 1. The number of rotatable bonds is 7. The SMILES string of the molecule is C=CCN1C(=O)/C(=C/c2ccccc2OCC(=O)Nc2ccc(F)cc2)SC1=S. The lowest BCUT2D eigenvalue weighted by Crippen LogP contribution is -2.27. The summed E-state index contributed by atoms with van der Waals surface area (Å²) in [7, 11) is 0. The van der Waals surface area contributed by atoms with Crippen molar-refractivity contribution in [2.24, 2.45) is 0 Å². The van der Waals surface area contributed by atoms with Crippen molar-refractivity contribution < 1.29 is 18.7 Å². The number of carbonyl (C=O) groups is 2. The first-order valence-electron chi connectivity index (χ1n) is 8.61. The summed E-state index contributed by atoms with van der Waals surface area (Å²) in [5, 5.41) is 2.63. The molecule has 5 nitrogen and oxygen atoms in total. The highest BCUT2D eigenvalue weighted by molar-refractivity contribution is 8.26. The molecule has 3 rings (SSSR count). The molecule has 0 saturated carbocycles. The normalized spacial score (nSPS) is 14.9. The van der Waals surface area contributed by atoms with Gasteiger partial charge in [0.2, 0.25) is 0 Å². The van der Waals surface area contributed by atoms with Gasteiger partial charge in [0.05, 0.1) is 4.91 Å². The summed E-state index contributed by atoms with van der Waals surface area (Å²) in [6.45, 7) is 3.75. The van der Waals surface area contributed by atoms with Gasteiger partial charge in [0, 0.05) is 17.8 Å². The van der Waals surface area contributed by atoms with Gasteiger partial charge in [-0.2, -0.15) is 0 Å². The van der Waals surface area contributed by atoms with Crippen LogP contribution < -0.4 is 10.1 Å². The topological polar surface area (TPSA) is 58.6 Å². The minimum atomic E-state index is -0.385. The molecule has 2 aromatic rings. The van der Waals surface area contributed by atoms with Crippen molar-refractivity contribution in [3.05, 3.63) is 77.5 Å². The first-order chi connectivity index (χ1) is 14.0. The number of ether oxygens (including phenoxy) is 1. The highest BCUT2D eigenvalue weighted by Crippen LogP contribution is 2.34. The molecular weight excluding hydrogens is 411 g/mol. The third-order valence-corrected chi connectivity index (χ3v) is 5.26. The third kappa shape index (κ3) is 5.30. The van der Waals surface area contributed by atoms with Gasteiger partial charge in [-0.3, -0.25) is 14.5 Å². The molecule has 1 N–H and O–H groups in total. The van der Waals surface area contributed by atoms with E-state index in [0.29, 0.717) is 32.8 Å². The maximum Gasteiger partial charge on any atom is 0.266 e. The van der Waals surface area contributed by atoms with Crippen molar-refractivity contribution in [1.29, 1.82) is 0 Å². The number of benzene rings is 2. The Labute approximate surface area is 177 Å². The largest absolute Gasteiger partial charge is 0.483 e. The lowest BCUT2D eigenvalue weighted by atomic mass is 10.2. The molecule has 0 spiro atoms. The molecular formula is C21H17FN2O3S2. The number of para-hydroxylation sites is 1. The summed E-state index contributed by atoms with van der Waals surface area (Å²) in [6.07, 6.45) is 3.31. The first-order valence-corrected chi connectivity index (χ1v) is 9.84. The van der Waals surface area contributed by atoms with Gasteiger partial charge in [-0.15, -0.1) is 6.58 Å². The quantitative estimate of drug-likeness (QED) is 0.406.